The molecule has 0 bridgehead atoms. The highest BCUT2D eigenvalue weighted by molar-refractivity contribution is 6.55. The Morgan fingerprint density at radius 1 is 1.00 bits per heavy atom. The number of rotatable bonds is 14. The Morgan fingerprint density at radius 2 is 1.66 bits per heavy atom. The molecule has 0 aromatic heterocycles. The lowest BCUT2D eigenvalue weighted by molar-refractivity contribution is 0.139. The molecule has 0 aliphatic carbocycles. The standard InChI is InChI=1S/C23H35Cl2NO3/c1-17(2)21-16-20(27-14-11-22(24)25)15-19(5)23(21)28-12-9-7-6-8-10-13-29-26-18(3)4/h11,15-17H,6-10,12-14H2,1-5H3. The molecule has 0 saturated carbocycles. The van der Waals surface area contributed by atoms with Gasteiger partial charge in [0.25, 0.3) is 0 Å². The van der Waals surface area contributed by atoms with E-state index >= 15 is 0 Å². The summed E-state index contributed by atoms with van der Waals surface area (Å²) in [5.74, 6) is 2.11. The molecule has 0 aliphatic rings. The van der Waals surface area contributed by atoms with Crippen LogP contribution in [0.2, 0.25) is 0 Å². The number of hydrogen-bond acceptors (Lipinski definition) is 4. The molecule has 29 heavy (non-hydrogen) atoms. The predicted octanol–water partition coefficient (Wildman–Crippen LogP) is 7.56. The van der Waals surface area contributed by atoms with Gasteiger partial charge in [0.2, 0.25) is 0 Å². The first-order valence-corrected chi connectivity index (χ1v) is 11.1. The quantitative estimate of drug-likeness (QED) is 0.169. The lowest BCUT2D eigenvalue weighted by Gasteiger charge is -2.18. The van der Waals surface area contributed by atoms with E-state index in [2.05, 4.69) is 25.9 Å². The van der Waals surface area contributed by atoms with E-state index in [0.717, 1.165) is 60.6 Å². The smallest absolute Gasteiger partial charge is 0.125 e. The van der Waals surface area contributed by atoms with E-state index in [1.165, 1.54) is 6.42 Å². The van der Waals surface area contributed by atoms with Crippen molar-refractivity contribution >= 4 is 28.9 Å². The van der Waals surface area contributed by atoms with E-state index in [-0.39, 0.29) is 4.49 Å². The zero-order valence-corrected chi connectivity index (χ0v) is 19.9. The van der Waals surface area contributed by atoms with E-state index in [4.69, 9.17) is 37.5 Å². The number of unbranched alkanes of at least 4 members (excludes halogenated alkanes) is 4. The zero-order chi connectivity index (χ0) is 21.6. The minimum Gasteiger partial charge on any atom is -0.493 e. The van der Waals surface area contributed by atoms with Crippen molar-refractivity contribution < 1.29 is 14.3 Å². The molecule has 0 amide bonds. The maximum atomic E-state index is 6.15. The summed E-state index contributed by atoms with van der Waals surface area (Å²) in [6.07, 6.45) is 7.20. The fraction of sp³-hybridized carbons (Fsp3) is 0.609. The molecule has 0 atom stereocenters. The maximum Gasteiger partial charge on any atom is 0.125 e. The fourth-order valence-corrected chi connectivity index (χ4v) is 2.95. The van der Waals surface area contributed by atoms with Gasteiger partial charge in [-0.05, 0) is 69.7 Å². The molecular formula is C23H35Cl2NO3. The molecule has 1 aromatic rings. The van der Waals surface area contributed by atoms with Crippen molar-refractivity contribution in [3.8, 4) is 11.5 Å². The van der Waals surface area contributed by atoms with E-state index in [0.29, 0.717) is 19.1 Å². The van der Waals surface area contributed by atoms with Crippen LogP contribution >= 0.6 is 23.2 Å². The van der Waals surface area contributed by atoms with Gasteiger partial charge in [0.05, 0.1) is 12.3 Å². The van der Waals surface area contributed by atoms with Crippen LogP contribution in [0.3, 0.4) is 0 Å². The van der Waals surface area contributed by atoms with Crippen LogP contribution < -0.4 is 9.47 Å². The number of oxime groups is 1. The van der Waals surface area contributed by atoms with Crippen LogP contribution in [0.1, 0.15) is 76.8 Å². The predicted molar refractivity (Wildman–Crippen MR) is 124 cm³/mol. The fourth-order valence-electron chi connectivity index (χ4n) is 2.83. The van der Waals surface area contributed by atoms with Crippen LogP contribution in [0.5, 0.6) is 11.5 Å². The molecule has 0 aliphatic heterocycles. The summed E-state index contributed by atoms with van der Waals surface area (Å²) < 4.78 is 12.1. The van der Waals surface area contributed by atoms with E-state index in [1.54, 1.807) is 6.08 Å². The highest BCUT2D eigenvalue weighted by atomic mass is 35.5. The van der Waals surface area contributed by atoms with E-state index < -0.39 is 0 Å². The van der Waals surface area contributed by atoms with Crippen molar-refractivity contribution in [2.24, 2.45) is 5.16 Å². The lowest BCUT2D eigenvalue weighted by atomic mass is 9.99. The van der Waals surface area contributed by atoms with Gasteiger partial charge in [-0.2, -0.15) is 0 Å². The number of halogens is 2. The molecule has 0 heterocycles. The van der Waals surface area contributed by atoms with E-state index in [1.807, 2.05) is 26.0 Å². The topological polar surface area (TPSA) is 40.0 Å². The van der Waals surface area contributed by atoms with Crippen LogP contribution in [0, 0.1) is 6.92 Å². The summed E-state index contributed by atoms with van der Waals surface area (Å²) >= 11 is 11.3. The summed E-state index contributed by atoms with van der Waals surface area (Å²) in [5.41, 5.74) is 3.19. The molecule has 0 unspecified atom stereocenters. The molecular weight excluding hydrogens is 409 g/mol. The van der Waals surface area contributed by atoms with Crippen LogP contribution in [-0.2, 0) is 4.84 Å². The molecule has 0 fully saturated rings. The average molecular weight is 444 g/mol. The number of benzene rings is 1. The third-order valence-corrected chi connectivity index (χ3v) is 4.57. The molecule has 0 saturated heterocycles. The van der Waals surface area contributed by atoms with Gasteiger partial charge < -0.3 is 14.3 Å². The molecule has 164 valence electrons. The van der Waals surface area contributed by atoms with Crippen molar-refractivity contribution in [3.63, 3.8) is 0 Å². The molecule has 1 rings (SSSR count). The van der Waals surface area contributed by atoms with Crippen LogP contribution in [0.4, 0.5) is 0 Å². The molecule has 6 heteroatoms. The molecule has 0 spiro atoms. The Balaban J connectivity index is 2.42. The summed E-state index contributed by atoms with van der Waals surface area (Å²) in [7, 11) is 0. The number of hydrogen-bond donors (Lipinski definition) is 0. The second kappa shape index (κ2) is 14.6. The van der Waals surface area contributed by atoms with Crippen molar-refractivity contribution in [1.29, 1.82) is 0 Å². The minimum atomic E-state index is 0.211. The van der Waals surface area contributed by atoms with Crippen molar-refractivity contribution in [2.75, 3.05) is 19.8 Å². The minimum absolute atomic E-state index is 0.211. The summed E-state index contributed by atoms with van der Waals surface area (Å²) in [6.45, 7) is 12.0. The summed E-state index contributed by atoms with van der Waals surface area (Å²) in [6, 6.07) is 4.04. The molecule has 0 radical (unpaired) electrons. The third-order valence-electron chi connectivity index (χ3n) is 4.26. The van der Waals surface area contributed by atoms with Gasteiger partial charge in [0.1, 0.15) is 29.2 Å². The van der Waals surface area contributed by atoms with Crippen LogP contribution in [0.25, 0.3) is 0 Å². The second-order valence-electron chi connectivity index (χ2n) is 7.61. The second-order valence-corrected chi connectivity index (χ2v) is 8.61. The Kier molecular flexibility index (Phi) is 12.9. The van der Waals surface area contributed by atoms with Crippen LogP contribution in [-0.4, -0.2) is 25.5 Å². The number of nitrogens with zero attached hydrogens (tertiary/aromatic N) is 1. The maximum absolute atomic E-state index is 6.15. The van der Waals surface area contributed by atoms with Gasteiger partial charge in [-0.15, -0.1) is 0 Å². The first kappa shape index (κ1) is 25.6. The van der Waals surface area contributed by atoms with Gasteiger partial charge in [0.15, 0.2) is 0 Å². The number of aryl methyl sites for hydroxylation is 1. The van der Waals surface area contributed by atoms with Gasteiger partial charge in [-0.3, -0.25) is 0 Å². The monoisotopic (exact) mass is 443 g/mol. The van der Waals surface area contributed by atoms with E-state index in [9.17, 15) is 0 Å². The summed E-state index contributed by atoms with van der Waals surface area (Å²) in [4.78, 5) is 5.21. The van der Waals surface area contributed by atoms with Gasteiger partial charge in [0, 0.05) is 5.56 Å². The average Bonchev–Trinajstić information content (AvgIpc) is 2.63. The Bertz CT molecular complexity index is 664. The summed E-state index contributed by atoms with van der Waals surface area (Å²) in [5, 5.41) is 3.94. The highest BCUT2D eigenvalue weighted by Gasteiger charge is 2.13. The van der Waals surface area contributed by atoms with Gasteiger partial charge in [-0.25, -0.2) is 0 Å². The Labute approximate surface area is 186 Å². The third kappa shape index (κ3) is 11.4. The zero-order valence-electron chi connectivity index (χ0n) is 18.4. The van der Waals surface area contributed by atoms with Crippen molar-refractivity contribution in [3.05, 3.63) is 33.8 Å². The molecule has 1 aromatic carbocycles. The molecule has 0 N–H and O–H groups in total. The normalized spacial score (nSPS) is 10.6. The first-order valence-electron chi connectivity index (χ1n) is 10.4. The number of ether oxygens (including phenoxy) is 2. The van der Waals surface area contributed by atoms with Crippen LogP contribution in [0.15, 0.2) is 27.9 Å². The van der Waals surface area contributed by atoms with Crippen molar-refractivity contribution in [1.82, 2.24) is 0 Å². The van der Waals surface area contributed by atoms with Crippen molar-refractivity contribution in [2.45, 2.75) is 72.6 Å². The van der Waals surface area contributed by atoms with Gasteiger partial charge in [-0.1, -0.05) is 55.0 Å². The Hall–Kier alpha value is -1.39. The first-order chi connectivity index (χ1) is 13.8. The largest absolute Gasteiger partial charge is 0.493 e. The van der Waals surface area contributed by atoms with Gasteiger partial charge >= 0.3 is 0 Å². The SMILES string of the molecule is CC(C)=NOCCCCCCCOc1c(C)cc(OCC=C(Cl)Cl)cc1C(C)C. The molecule has 4 nitrogen and oxygen atoms in total. The highest BCUT2D eigenvalue weighted by Crippen LogP contribution is 2.34. The lowest BCUT2D eigenvalue weighted by Crippen LogP contribution is -2.05. The Morgan fingerprint density at radius 3 is 2.28 bits per heavy atom.